The fraction of sp³-hybridized carbons (Fsp3) is 0.0667. The van der Waals surface area contributed by atoms with E-state index in [4.69, 9.17) is 11.6 Å². The van der Waals surface area contributed by atoms with Gasteiger partial charge in [-0.3, -0.25) is 10.1 Å². The molecule has 0 radical (unpaired) electrons. The molecule has 2 rings (SSSR count). The van der Waals surface area contributed by atoms with Crippen LogP contribution in [0.2, 0.25) is 5.02 Å². The molecule has 0 aliphatic heterocycles. The summed E-state index contributed by atoms with van der Waals surface area (Å²) in [5.41, 5.74) is 1.16. The molecule has 0 aromatic heterocycles. The third-order valence-corrected chi connectivity index (χ3v) is 3.01. The minimum Gasteiger partial charge on any atom is -0.507 e. The predicted octanol–water partition coefficient (Wildman–Crippen LogP) is 3.91. The topological polar surface area (TPSA) is 63.4 Å². The molecular formula is C15H12ClNO3. The first-order chi connectivity index (χ1) is 9.56. The van der Waals surface area contributed by atoms with Crippen LogP contribution in [0.3, 0.4) is 0 Å². The molecular weight excluding hydrogens is 278 g/mol. The second-order valence-electron chi connectivity index (χ2n) is 4.26. The Morgan fingerprint density at radius 2 is 1.95 bits per heavy atom. The molecule has 0 aliphatic rings. The van der Waals surface area contributed by atoms with Gasteiger partial charge in [-0.25, -0.2) is 0 Å². The van der Waals surface area contributed by atoms with Crippen LogP contribution in [-0.4, -0.2) is 10.0 Å². The summed E-state index contributed by atoms with van der Waals surface area (Å²) in [6.07, 6.45) is 1.52. The van der Waals surface area contributed by atoms with Gasteiger partial charge < -0.3 is 5.11 Å². The summed E-state index contributed by atoms with van der Waals surface area (Å²) < 4.78 is 0. The monoisotopic (exact) mass is 289 g/mol. The molecule has 2 aromatic carbocycles. The van der Waals surface area contributed by atoms with Gasteiger partial charge in [0.1, 0.15) is 5.75 Å². The lowest BCUT2D eigenvalue weighted by Gasteiger charge is -2.02. The van der Waals surface area contributed by atoms with Crippen molar-refractivity contribution in [3.8, 4) is 5.75 Å². The first kappa shape index (κ1) is 14.1. The van der Waals surface area contributed by atoms with E-state index in [1.54, 1.807) is 0 Å². The van der Waals surface area contributed by atoms with Gasteiger partial charge in [-0.05, 0) is 23.8 Å². The van der Waals surface area contributed by atoms with Gasteiger partial charge in [0.05, 0.1) is 11.3 Å². The summed E-state index contributed by atoms with van der Waals surface area (Å²) in [7, 11) is 0. The number of phenols is 1. The van der Waals surface area contributed by atoms with E-state index < -0.39 is 4.92 Å². The summed E-state index contributed by atoms with van der Waals surface area (Å²) >= 11 is 5.83. The highest BCUT2D eigenvalue weighted by molar-refractivity contribution is 6.30. The summed E-state index contributed by atoms with van der Waals surface area (Å²) in [6, 6.07) is 13.6. The van der Waals surface area contributed by atoms with Crippen LogP contribution in [0.5, 0.6) is 5.75 Å². The molecule has 102 valence electrons. The third-order valence-electron chi connectivity index (χ3n) is 2.77. The highest BCUT2D eigenvalue weighted by Crippen LogP contribution is 2.24. The summed E-state index contributed by atoms with van der Waals surface area (Å²) in [5.74, 6) is -0.0400. The molecule has 2 aromatic rings. The van der Waals surface area contributed by atoms with E-state index in [9.17, 15) is 15.2 Å². The second-order valence-corrected chi connectivity index (χ2v) is 4.69. The molecule has 0 heterocycles. The maximum atomic E-state index is 11.1. The van der Waals surface area contributed by atoms with Gasteiger partial charge in [0, 0.05) is 16.7 Å². The lowest BCUT2D eigenvalue weighted by Crippen LogP contribution is -2.02. The fourth-order valence-electron chi connectivity index (χ4n) is 1.79. The number of nitro groups is 1. The predicted molar refractivity (Wildman–Crippen MR) is 78.2 cm³/mol. The number of hydrogen-bond acceptors (Lipinski definition) is 3. The quantitative estimate of drug-likeness (QED) is 0.685. The second kappa shape index (κ2) is 6.21. The standard InChI is InChI=1S/C15H12ClNO3/c16-13-6-7-15(18)12(9-13)10-14(17(19)20)8-11-4-2-1-3-5-11/h1-7,9-10,18H,8H2. The van der Waals surface area contributed by atoms with Gasteiger partial charge >= 0.3 is 0 Å². The molecule has 1 N–H and O–H groups in total. The van der Waals surface area contributed by atoms with Crippen molar-refractivity contribution in [3.63, 3.8) is 0 Å². The summed E-state index contributed by atoms with van der Waals surface area (Å²) in [4.78, 5) is 10.7. The van der Waals surface area contributed by atoms with Gasteiger partial charge in [0.15, 0.2) is 0 Å². The number of aromatic hydroxyl groups is 1. The molecule has 0 spiro atoms. The van der Waals surface area contributed by atoms with E-state index >= 15 is 0 Å². The Labute approximate surface area is 121 Å². The molecule has 0 bridgehead atoms. The largest absolute Gasteiger partial charge is 0.507 e. The Hall–Kier alpha value is -2.33. The highest BCUT2D eigenvalue weighted by atomic mass is 35.5. The van der Waals surface area contributed by atoms with E-state index in [0.717, 1.165) is 5.56 Å². The number of halogens is 1. The van der Waals surface area contributed by atoms with E-state index in [0.29, 0.717) is 10.6 Å². The summed E-state index contributed by atoms with van der Waals surface area (Å²) in [6.45, 7) is 0. The molecule has 0 aliphatic carbocycles. The number of hydrogen-bond donors (Lipinski definition) is 1. The first-order valence-corrected chi connectivity index (χ1v) is 6.31. The Balaban J connectivity index is 2.35. The van der Waals surface area contributed by atoms with Gasteiger partial charge in [-0.2, -0.15) is 0 Å². The Kier molecular flexibility index (Phi) is 4.38. The van der Waals surface area contributed by atoms with Crippen molar-refractivity contribution in [2.45, 2.75) is 6.42 Å². The molecule has 20 heavy (non-hydrogen) atoms. The Bertz CT molecular complexity index is 653. The van der Waals surface area contributed by atoms with Crippen molar-refractivity contribution in [2.75, 3.05) is 0 Å². The van der Waals surface area contributed by atoms with Crippen molar-refractivity contribution in [1.82, 2.24) is 0 Å². The van der Waals surface area contributed by atoms with Crippen LogP contribution in [0.25, 0.3) is 6.08 Å². The number of allylic oxidation sites excluding steroid dienone is 1. The number of rotatable bonds is 4. The first-order valence-electron chi connectivity index (χ1n) is 5.93. The molecule has 0 fully saturated rings. The van der Waals surface area contributed by atoms with Crippen molar-refractivity contribution >= 4 is 17.7 Å². The van der Waals surface area contributed by atoms with E-state index in [1.807, 2.05) is 30.3 Å². The Morgan fingerprint density at radius 1 is 1.25 bits per heavy atom. The Morgan fingerprint density at radius 3 is 2.60 bits per heavy atom. The lowest BCUT2D eigenvalue weighted by atomic mass is 10.1. The zero-order valence-corrected chi connectivity index (χ0v) is 11.2. The smallest absolute Gasteiger partial charge is 0.251 e. The van der Waals surface area contributed by atoms with Crippen molar-refractivity contribution in [3.05, 3.63) is 80.5 Å². The maximum Gasteiger partial charge on any atom is 0.251 e. The van der Waals surface area contributed by atoms with Gasteiger partial charge in [-0.15, -0.1) is 0 Å². The van der Waals surface area contributed by atoms with Gasteiger partial charge in [-0.1, -0.05) is 41.9 Å². The normalized spacial score (nSPS) is 11.3. The van der Waals surface area contributed by atoms with Crippen molar-refractivity contribution < 1.29 is 10.0 Å². The zero-order chi connectivity index (χ0) is 14.5. The molecule has 0 atom stereocenters. The minimum absolute atomic E-state index is 0.00577. The number of phenolic OH excluding ortho intramolecular Hbond substituents is 1. The maximum absolute atomic E-state index is 11.1. The van der Waals surface area contributed by atoms with Crippen molar-refractivity contribution in [1.29, 1.82) is 0 Å². The van der Waals surface area contributed by atoms with Gasteiger partial charge in [0.2, 0.25) is 0 Å². The fourth-order valence-corrected chi connectivity index (χ4v) is 1.97. The number of benzene rings is 2. The minimum atomic E-state index is -0.451. The lowest BCUT2D eigenvalue weighted by molar-refractivity contribution is -0.425. The molecule has 0 saturated heterocycles. The van der Waals surface area contributed by atoms with Crippen molar-refractivity contribution in [2.24, 2.45) is 0 Å². The summed E-state index contributed by atoms with van der Waals surface area (Å²) in [5, 5.41) is 21.2. The molecule has 0 saturated carbocycles. The molecule has 0 unspecified atom stereocenters. The van der Waals surface area contributed by atoms with Crippen LogP contribution in [0.4, 0.5) is 0 Å². The average Bonchev–Trinajstić information content (AvgIpc) is 2.43. The van der Waals surface area contributed by atoms with Gasteiger partial charge in [0.25, 0.3) is 5.70 Å². The van der Waals surface area contributed by atoms with Crippen LogP contribution in [0.15, 0.2) is 54.2 Å². The zero-order valence-electron chi connectivity index (χ0n) is 10.5. The van der Waals surface area contributed by atoms with E-state index in [-0.39, 0.29) is 17.9 Å². The van der Waals surface area contributed by atoms with E-state index in [2.05, 4.69) is 0 Å². The van der Waals surface area contributed by atoms with Crippen LogP contribution in [-0.2, 0) is 6.42 Å². The van der Waals surface area contributed by atoms with Crippen LogP contribution < -0.4 is 0 Å². The molecule has 4 nitrogen and oxygen atoms in total. The SMILES string of the molecule is O=[N+]([O-])C(=Cc1cc(Cl)ccc1O)Cc1ccccc1. The van der Waals surface area contributed by atoms with E-state index in [1.165, 1.54) is 24.3 Å². The van der Waals surface area contributed by atoms with Crippen LogP contribution in [0.1, 0.15) is 11.1 Å². The van der Waals surface area contributed by atoms with Crippen LogP contribution >= 0.6 is 11.6 Å². The number of nitrogens with zero attached hydrogens (tertiary/aromatic N) is 1. The highest BCUT2D eigenvalue weighted by Gasteiger charge is 2.13. The third kappa shape index (κ3) is 3.59. The average molecular weight is 290 g/mol. The molecule has 0 amide bonds. The molecule has 5 heteroatoms. The van der Waals surface area contributed by atoms with Crippen LogP contribution in [0, 0.1) is 10.1 Å².